The molecule has 0 bridgehead atoms. The molecule has 0 aliphatic carbocycles. The van der Waals surface area contributed by atoms with Gasteiger partial charge in [-0.05, 0) is 12.1 Å². The normalized spacial score (nSPS) is 10.7. The molecular weight excluding hydrogens is 387 g/mol. The zero-order chi connectivity index (χ0) is 20.5. The molecule has 0 radical (unpaired) electrons. The molecule has 29 heavy (non-hydrogen) atoms. The average molecular weight is 412 g/mol. The number of rotatable bonds is 11. The minimum atomic E-state index is -1.01. The van der Waals surface area contributed by atoms with E-state index in [1.54, 1.807) is 46.2 Å². The molecule has 0 atom stereocenters. The average Bonchev–Trinajstić information content (AvgIpc) is 2.62. The molecule has 152 valence electrons. The van der Waals surface area contributed by atoms with Gasteiger partial charge in [0.1, 0.15) is 11.5 Å². The molecule has 0 aromatic heterocycles. The van der Waals surface area contributed by atoms with Gasteiger partial charge in [0, 0.05) is 37.3 Å². The Hall–Kier alpha value is -2.10. The molecule has 0 aliphatic heterocycles. The molecule has 0 saturated heterocycles. The molecule has 0 fully saturated rings. The van der Waals surface area contributed by atoms with Gasteiger partial charge in [-0.3, -0.25) is 19.4 Å². The summed E-state index contributed by atoms with van der Waals surface area (Å²) in [6.07, 6.45) is 0. The predicted molar refractivity (Wildman–Crippen MR) is 109 cm³/mol. The third-order valence-electron chi connectivity index (χ3n) is 4.22. The Morgan fingerprint density at radius 3 is 1.34 bits per heavy atom. The van der Waals surface area contributed by atoms with Crippen LogP contribution in [0.25, 0.3) is 0 Å². The van der Waals surface area contributed by atoms with Crippen LogP contribution in [0.1, 0.15) is 11.1 Å². The SMILES string of the molecule is O=C(O)CN(CCN(CC(=O)O)Cc1ccccc1O)Cc1ccccc1O.[NaH]. The molecule has 0 spiro atoms. The number of phenolic OH excluding ortho intramolecular Hbond substituents is 2. The van der Waals surface area contributed by atoms with Crippen molar-refractivity contribution in [3.05, 3.63) is 59.7 Å². The number of aliphatic carboxylic acids is 2. The molecule has 9 heteroatoms. The molecule has 8 nitrogen and oxygen atoms in total. The first kappa shape index (κ1) is 24.9. The van der Waals surface area contributed by atoms with Gasteiger partial charge in [0.2, 0.25) is 0 Å². The van der Waals surface area contributed by atoms with E-state index in [2.05, 4.69) is 0 Å². The fourth-order valence-electron chi connectivity index (χ4n) is 2.86. The molecule has 4 N–H and O–H groups in total. The third kappa shape index (κ3) is 8.84. The van der Waals surface area contributed by atoms with Crippen LogP contribution in [0.3, 0.4) is 0 Å². The van der Waals surface area contributed by atoms with Crippen LogP contribution < -0.4 is 0 Å². The van der Waals surface area contributed by atoms with E-state index in [4.69, 9.17) is 10.2 Å². The molecule has 2 rings (SSSR count). The summed E-state index contributed by atoms with van der Waals surface area (Å²) in [7, 11) is 0. The van der Waals surface area contributed by atoms with E-state index < -0.39 is 11.9 Å². The monoisotopic (exact) mass is 412 g/mol. The van der Waals surface area contributed by atoms with E-state index in [1.807, 2.05) is 0 Å². The maximum atomic E-state index is 11.2. The Labute approximate surface area is 191 Å². The van der Waals surface area contributed by atoms with Crippen molar-refractivity contribution in [3.63, 3.8) is 0 Å². The molecule has 0 heterocycles. The summed E-state index contributed by atoms with van der Waals surface area (Å²) in [6, 6.07) is 13.4. The summed E-state index contributed by atoms with van der Waals surface area (Å²) in [5.74, 6) is -1.87. The van der Waals surface area contributed by atoms with Gasteiger partial charge in [-0.15, -0.1) is 0 Å². The molecule has 0 saturated carbocycles. The van der Waals surface area contributed by atoms with Crippen LogP contribution in [0.4, 0.5) is 0 Å². The summed E-state index contributed by atoms with van der Waals surface area (Å²) < 4.78 is 0. The first-order chi connectivity index (χ1) is 13.3. The van der Waals surface area contributed by atoms with Gasteiger partial charge >= 0.3 is 41.5 Å². The summed E-state index contributed by atoms with van der Waals surface area (Å²) in [6.45, 7) is 0.508. The Morgan fingerprint density at radius 1 is 0.690 bits per heavy atom. The molecular formula is C20H25N2NaO6. The van der Waals surface area contributed by atoms with Crippen LogP contribution in [0, 0.1) is 0 Å². The van der Waals surface area contributed by atoms with Gasteiger partial charge in [0.05, 0.1) is 13.1 Å². The topological polar surface area (TPSA) is 122 Å². The second-order valence-electron chi connectivity index (χ2n) is 6.47. The number of hydrogen-bond donors (Lipinski definition) is 4. The van der Waals surface area contributed by atoms with Gasteiger partial charge < -0.3 is 20.4 Å². The first-order valence-corrected chi connectivity index (χ1v) is 8.77. The van der Waals surface area contributed by atoms with E-state index >= 15 is 0 Å². The number of benzene rings is 2. The molecule has 2 aromatic rings. The fourth-order valence-corrected chi connectivity index (χ4v) is 2.86. The zero-order valence-corrected chi connectivity index (χ0v) is 15.4. The van der Waals surface area contributed by atoms with Crippen molar-refractivity contribution in [2.75, 3.05) is 26.2 Å². The van der Waals surface area contributed by atoms with Gasteiger partial charge in [0.15, 0.2) is 0 Å². The van der Waals surface area contributed by atoms with Crippen LogP contribution in [-0.4, -0.2) is 97.9 Å². The Kier molecular flexibility index (Phi) is 10.7. The number of carboxylic acid groups (broad SMARTS) is 2. The van der Waals surface area contributed by atoms with Crippen molar-refractivity contribution < 1.29 is 30.0 Å². The summed E-state index contributed by atoms with van der Waals surface area (Å²) in [5.41, 5.74) is 1.18. The minimum absolute atomic E-state index is 0. The number of carboxylic acids is 2. The number of hydrogen-bond acceptors (Lipinski definition) is 6. The standard InChI is InChI=1S/C20H24N2O6.Na.H/c23-17-7-3-1-5-15(17)11-21(13-19(25)26)9-10-22(14-20(27)28)12-16-6-2-4-8-18(16)24;;/h1-8,23-24H,9-14H2,(H,25,26)(H,27,28);;. The van der Waals surface area contributed by atoms with Crippen molar-refractivity contribution in [2.45, 2.75) is 13.1 Å². The van der Waals surface area contributed by atoms with Crippen LogP contribution in [0.2, 0.25) is 0 Å². The van der Waals surface area contributed by atoms with Crippen molar-refractivity contribution in [3.8, 4) is 11.5 Å². The molecule has 0 unspecified atom stereocenters. The number of aromatic hydroxyl groups is 2. The summed E-state index contributed by atoms with van der Waals surface area (Å²) in [5, 5.41) is 38.2. The maximum absolute atomic E-state index is 11.2. The summed E-state index contributed by atoms with van der Waals surface area (Å²) in [4.78, 5) is 25.6. The van der Waals surface area contributed by atoms with Crippen LogP contribution in [-0.2, 0) is 22.7 Å². The summed E-state index contributed by atoms with van der Waals surface area (Å²) >= 11 is 0. The predicted octanol–water partition coefficient (Wildman–Crippen LogP) is 0.923. The van der Waals surface area contributed by atoms with Gasteiger partial charge in [0.25, 0.3) is 0 Å². The quantitative estimate of drug-likeness (QED) is 0.402. The van der Waals surface area contributed by atoms with Gasteiger partial charge in [-0.1, -0.05) is 36.4 Å². The van der Waals surface area contributed by atoms with E-state index in [0.717, 1.165) is 0 Å². The van der Waals surface area contributed by atoms with Crippen LogP contribution >= 0.6 is 0 Å². The number of nitrogens with zero attached hydrogens (tertiary/aromatic N) is 2. The van der Waals surface area contributed by atoms with E-state index in [1.165, 1.54) is 12.1 Å². The van der Waals surface area contributed by atoms with Crippen molar-refractivity contribution in [1.82, 2.24) is 9.80 Å². The fraction of sp³-hybridized carbons (Fsp3) is 0.300. The Bertz CT molecular complexity index is 750. The van der Waals surface area contributed by atoms with E-state index in [9.17, 15) is 19.8 Å². The second kappa shape index (κ2) is 12.5. The second-order valence-corrected chi connectivity index (χ2v) is 6.47. The van der Waals surface area contributed by atoms with Gasteiger partial charge in [-0.25, -0.2) is 0 Å². The number of para-hydroxylation sites is 2. The molecule has 0 aliphatic rings. The first-order valence-electron chi connectivity index (χ1n) is 8.77. The third-order valence-corrected chi connectivity index (χ3v) is 4.22. The Morgan fingerprint density at radius 2 is 1.03 bits per heavy atom. The number of phenols is 2. The van der Waals surface area contributed by atoms with Crippen LogP contribution in [0.15, 0.2) is 48.5 Å². The molecule has 0 amide bonds. The van der Waals surface area contributed by atoms with Gasteiger partial charge in [-0.2, -0.15) is 0 Å². The van der Waals surface area contributed by atoms with E-state index in [-0.39, 0.29) is 80.3 Å². The number of carbonyl (C=O) groups is 2. The zero-order valence-electron chi connectivity index (χ0n) is 15.4. The van der Waals surface area contributed by atoms with Crippen molar-refractivity contribution in [2.24, 2.45) is 0 Å². The van der Waals surface area contributed by atoms with E-state index in [0.29, 0.717) is 11.1 Å². The van der Waals surface area contributed by atoms with Crippen molar-refractivity contribution in [1.29, 1.82) is 0 Å². The van der Waals surface area contributed by atoms with Crippen LogP contribution in [0.5, 0.6) is 11.5 Å². The van der Waals surface area contributed by atoms with Crippen molar-refractivity contribution >= 4 is 41.5 Å². The molecule has 2 aromatic carbocycles. The Balaban J connectivity index is 0.00000420.